The summed E-state index contributed by atoms with van der Waals surface area (Å²) in [6.45, 7) is 5.91. The van der Waals surface area contributed by atoms with Gasteiger partial charge in [-0.05, 0) is 33.3 Å². The zero-order valence-electron chi connectivity index (χ0n) is 16.3. The number of rotatable bonds is 3. The lowest BCUT2D eigenvalue weighted by Crippen LogP contribution is -2.42. The molecular weight excluding hydrogens is 402 g/mol. The first-order chi connectivity index (χ1) is 13.0. The van der Waals surface area contributed by atoms with E-state index in [-0.39, 0.29) is 17.5 Å². The lowest BCUT2D eigenvalue weighted by atomic mass is 10.2. The smallest absolute Gasteiger partial charge is 0.410 e. The molecule has 1 saturated heterocycles. The van der Waals surface area contributed by atoms with Crippen molar-refractivity contribution in [2.45, 2.75) is 43.7 Å². The van der Waals surface area contributed by atoms with Crippen molar-refractivity contribution in [2.75, 3.05) is 20.1 Å². The Hall–Kier alpha value is -1.90. The number of aromatic nitrogens is 1. The Morgan fingerprint density at radius 2 is 2.04 bits per heavy atom. The van der Waals surface area contributed by atoms with Gasteiger partial charge in [0.2, 0.25) is 10.0 Å². The lowest BCUT2D eigenvalue weighted by Gasteiger charge is -2.28. The summed E-state index contributed by atoms with van der Waals surface area (Å²) in [5.41, 5.74) is -0.608. The van der Waals surface area contributed by atoms with Crippen LogP contribution in [0.1, 0.15) is 27.2 Å². The van der Waals surface area contributed by atoms with Gasteiger partial charge in [-0.25, -0.2) is 13.2 Å². The number of hydrogen-bond acceptors (Lipinski definition) is 5. The van der Waals surface area contributed by atoms with E-state index in [0.717, 1.165) is 0 Å². The zero-order valence-corrected chi connectivity index (χ0v) is 17.9. The molecule has 1 atom stereocenters. The summed E-state index contributed by atoms with van der Waals surface area (Å²) < 4.78 is 33.3. The third-order valence-corrected chi connectivity index (χ3v) is 6.87. The van der Waals surface area contributed by atoms with Gasteiger partial charge in [0.15, 0.2) is 0 Å². The molecule has 1 aliphatic rings. The number of amides is 1. The summed E-state index contributed by atoms with van der Waals surface area (Å²) in [4.78, 5) is 17.9. The number of halogens is 1. The quantitative estimate of drug-likeness (QED) is 0.751. The Kier molecular flexibility index (Phi) is 5.58. The van der Waals surface area contributed by atoms with Crippen molar-refractivity contribution < 1.29 is 17.9 Å². The van der Waals surface area contributed by atoms with Crippen molar-refractivity contribution >= 4 is 38.5 Å². The highest BCUT2D eigenvalue weighted by Crippen LogP contribution is 2.32. The third kappa shape index (κ3) is 4.09. The maximum absolute atomic E-state index is 13.3. The molecular formula is C19H24ClN3O4S. The first-order valence-corrected chi connectivity index (χ1v) is 10.8. The maximum Gasteiger partial charge on any atom is 0.410 e. The number of hydrogen-bond donors (Lipinski definition) is 0. The molecule has 0 N–H and O–H groups in total. The van der Waals surface area contributed by atoms with Gasteiger partial charge in [0.25, 0.3) is 0 Å². The summed E-state index contributed by atoms with van der Waals surface area (Å²) in [7, 11) is -2.14. The fraction of sp³-hybridized carbons (Fsp3) is 0.474. The highest BCUT2D eigenvalue weighted by Gasteiger charge is 2.37. The van der Waals surface area contributed by atoms with Crippen molar-refractivity contribution in [1.82, 2.24) is 14.2 Å². The van der Waals surface area contributed by atoms with Crippen LogP contribution in [0.3, 0.4) is 0 Å². The molecule has 0 unspecified atom stereocenters. The first-order valence-electron chi connectivity index (χ1n) is 8.99. The second-order valence-corrected chi connectivity index (χ2v) is 10.2. The van der Waals surface area contributed by atoms with E-state index < -0.39 is 21.7 Å². The van der Waals surface area contributed by atoms with Gasteiger partial charge in [-0.1, -0.05) is 23.7 Å². The van der Waals surface area contributed by atoms with Crippen LogP contribution in [0.4, 0.5) is 4.79 Å². The van der Waals surface area contributed by atoms with Crippen LogP contribution in [-0.2, 0) is 14.8 Å². The van der Waals surface area contributed by atoms with Crippen LogP contribution in [0.5, 0.6) is 0 Å². The standard InChI is InChI=1S/C19H24ClN3O4S/c1-19(2,3)27-18(24)22(4)14-8-9-23(12-14)28(25,26)16-7-5-6-13-10-21-11-15(20)17(13)16/h5-7,10-11,14H,8-9,12H2,1-4H3/t14-/m0/s1. The van der Waals surface area contributed by atoms with Gasteiger partial charge in [0, 0.05) is 49.3 Å². The minimum absolute atomic E-state index is 0.151. The van der Waals surface area contributed by atoms with Gasteiger partial charge in [0.05, 0.1) is 9.92 Å². The Labute approximate surface area is 170 Å². The van der Waals surface area contributed by atoms with Crippen LogP contribution < -0.4 is 0 Å². The molecule has 3 rings (SSSR count). The lowest BCUT2D eigenvalue weighted by molar-refractivity contribution is 0.0232. The minimum Gasteiger partial charge on any atom is -0.444 e. The van der Waals surface area contributed by atoms with Crippen LogP contribution in [0.15, 0.2) is 35.5 Å². The SMILES string of the molecule is CN(C(=O)OC(C)(C)C)[C@H]1CCN(S(=O)(=O)c2cccc3cncc(Cl)c23)C1. The number of carbonyl (C=O) groups is 1. The predicted molar refractivity (Wildman–Crippen MR) is 108 cm³/mol. The number of pyridine rings is 1. The molecule has 28 heavy (non-hydrogen) atoms. The Morgan fingerprint density at radius 3 is 2.71 bits per heavy atom. The summed E-state index contributed by atoms with van der Waals surface area (Å²) in [5, 5.41) is 1.41. The van der Waals surface area contributed by atoms with E-state index >= 15 is 0 Å². The van der Waals surface area contributed by atoms with E-state index in [1.54, 1.807) is 52.2 Å². The fourth-order valence-electron chi connectivity index (χ4n) is 3.24. The summed E-state index contributed by atoms with van der Waals surface area (Å²) in [5.74, 6) is 0. The molecule has 0 aliphatic carbocycles. The fourth-order valence-corrected chi connectivity index (χ4v) is 5.29. The normalized spacial score (nSPS) is 18.4. The van der Waals surface area contributed by atoms with Gasteiger partial charge < -0.3 is 9.64 Å². The highest BCUT2D eigenvalue weighted by atomic mass is 35.5. The molecule has 0 radical (unpaired) electrons. The number of benzene rings is 1. The van der Waals surface area contributed by atoms with Crippen LogP contribution in [0.2, 0.25) is 5.02 Å². The molecule has 9 heteroatoms. The third-order valence-electron chi connectivity index (χ3n) is 4.67. The van der Waals surface area contributed by atoms with Gasteiger partial charge in [-0.2, -0.15) is 4.31 Å². The van der Waals surface area contributed by atoms with Crippen molar-refractivity contribution in [2.24, 2.45) is 0 Å². The van der Waals surface area contributed by atoms with Crippen LogP contribution in [-0.4, -0.2) is 60.5 Å². The van der Waals surface area contributed by atoms with E-state index in [1.165, 1.54) is 15.4 Å². The molecule has 2 heterocycles. The van der Waals surface area contributed by atoms with E-state index in [1.807, 2.05) is 0 Å². The van der Waals surface area contributed by atoms with Gasteiger partial charge in [-0.3, -0.25) is 4.98 Å². The molecule has 7 nitrogen and oxygen atoms in total. The van der Waals surface area contributed by atoms with Gasteiger partial charge >= 0.3 is 6.09 Å². The second kappa shape index (κ2) is 7.50. The summed E-state index contributed by atoms with van der Waals surface area (Å²) in [6.07, 6.45) is 3.10. The Bertz CT molecular complexity index is 999. The molecule has 1 aromatic carbocycles. The topological polar surface area (TPSA) is 79.8 Å². The number of nitrogens with zero attached hydrogens (tertiary/aromatic N) is 3. The number of carbonyl (C=O) groups excluding carboxylic acids is 1. The number of ether oxygens (including phenoxy) is 1. The van der Waals surface area contributed by atoms with Gasteiger partial charge in [-0.15, -0.1) is 0 Å². The molecule has 2 aromatic rings. The number of fused-ring (bicyclic) bond motifs is 1. The largest absolute Gasteiger partial charge is 0.444 e. The molecule has 1 fully saturated rings. The summed E-state index contributed by atoms with van der Waals surface area (Å²) >= 11 is 6.24. The molecule has 0 saturated carbocycles. The van der Waals surface area contributed by atoms with E-state index in [9.17, 15) is 13.2 Å². The first kappa shape index (κ1) is 20.8. The minimum atomic E-state index is -3.77. The van der Waals surface area contributed by atoms with Crippen LogP contribution in [0.25, 0.3) is 10.8 Å². The molecule has 0 spiro atoms. The van der Waals surface area contributed by atoms with Crippen molar-refractivity contribution in [1.29, 1.82) is 0 Å². The molecule has 0 bridgehead atoms. The maximum atomic E-state index is 13.3. The number of likely N-dealkylation sites (N-methyl/N-ethyl adjacent to an activating group) is 1. The van der Waals surface area contributed by atoms with Crippen LogP contribution in [0, 0.1) is 0 Å². The Morgan fingerprint density at radius 1 is 1.32 bits per heavy atom. The Balaban J connectivity index is 1.85. The average Bonchev–Trinajstić information content (AvgIpc) is 3.10. The van der Waals surface area contributed by atoms with Crippen molar-refractivity contribution in [3.8, 4) is 0 Å². The van der Waals surface area contributed by atoms with Crippen molar-refractivity contribution in [3.05, 3.63) is 35.6 Å². The average molecular weight is 426 g/mol. The van der Waals surface area contributed by atoms with E-state index in [2.05, 4.69) is 4.98 Å². The van der Waals surface area contributed by atoms with Crippen molar-refractivity contribution in [3.63, 3.8) is 0 Å². The highest BCUT2D eigenvalue weighted by molar-refractivity contribution is 7.89. The molecule has 152 valence electrons. The van der Waals surface area contributed by atoms with Gasteiger partial charge in [0.1, 0.15) is 5.60 Å². The van der Waals surface area contributed by atoms with E-state index in [4.69, 9.17) is 16.3 Å². The summed E-state index contributed by atoms with van der Waals surface area (Å²) in [6, 6.07) is 4.75. The number of sulfonamides is 1. The van der Waals surface area contributed by atoms with E-state index in [0.29, 0.717) is 28.8 Å². The molecule has 1 aromatic heterocycles. The zero-order chi connectivity index (χ0) is 20.7. The second-order valence-electron chi connectivity index (χ2n) is 7.87. The predicted octanol–water partition coefficient (Wildman–Crippen LogP) is 3.52. The van der Waals surface area contributed by atoms with Crippen LogP contribution >= 0.6 is 11.6 Å². The monoisotopic (exact) mass is 425 g/mol. The molecule has 1 amide bonds. The molecule has 1 aliphatic heterocycles.